The van der Waals surface area contributed by atoms with E-state index in [1.165, 1.54) is 22.3 Å². The molecule has 0 aliphatic heterocycles. The zero-order chi connectivity index (χ0) is 13.8. The Kier molecular flexibility index (Phi) is 4.38. The van der Waals surface area contributed by atoms with Gasteiger partial charge in [0.25, 0.3) is 0 Å². The Morgan fingerprint density at radius 3 is 2.68 bits per heavy atom. The van der Waals surface area contributed by atoms with Crippen LogP contribution in [0.25, 0.3) is 0 Å². The quantitative estimate of drug-likeness (QED) is 0.892. The van der Waals surface area contributed by atoms with Crippen molar-refractivity contribution in [2.45, 2.75) is 33.2 Å². The molecule has 0 aliphatic rings. The molecular weight excluding hydrogens is 234 g/mol. The Balaban J connectivity index is 1.86. The fraction of sp³-hybridized carbons (Fsp3) is 0.438. The molecule has 0 fully saturated rings. The third-order valence-corrected chi connectivity index (χ3v) is 3.65. The van der Waals surface area contributed by atoms with Gasteiger partial charge in [0.2, 0.25) is 0 Å². The predicted octanol–water partition coefficient (Wildman–Crippen LogP) is 2.93. The number of hydrogen-bond acceptors (Lipinski definition) is 2. The lowest BCUT2D eigenvalue weighted by Gasteiger charge is -2.15. The van der Waals surface area contributed by atoms with Crippen LogP contribution >= 0.6 is 0 Å². The highest BCUT2D eigenvalue weighted by atomic mass is 15.2. The second-order valence-electron chi connectivity index (χ2n) is 5.29. The average molecular weight is 257 g/mol. The first-order valence-electron chi connectivity index (χ1n) is 6.84. The van der Waals surface area contributed by atoms with Gasteiger partial charge in [-0.2, -0.15) is 5.10 Å². The van der Waals surface area contributed by atoms with Crippen molar-refractivity contribution < 1.29 is 0 Å². The van der Waals surface area contributed by atoms with Gasteiger partial charge in [0.15, 0.2) is 0 Å². The maximum atomic E-state index is 4.18. The van der Waals surface area contributed by atoms with E-state index in [0.29, 0.717) is 6.04 Å². The van der Waals surface area contributed by atoms with Crippen LogP contribution in [0.3, 0.4) is 0 Å². The fourth-order valence-electron chi connectivity index (χ4n) is 2.19. The Bertz CT molecular complexity index is 543. The van der Waals surface area contributed by atoms with E-state index in [2.05, 4.69) is 55.6 Å². The maximum absolute atomic E-state index is 4.18. The molecule has 1 N–H and O–H groups in total. The van der Waals surface area contributed by atoms with Crippen LogP contribution in [0.2, 0.25) is 0 Å². The number of benzene rings is 1. The second kappa shape index (κ2) is 6.02. The Morgan fingerprint density at radius 2 is 2.05 bits per heavy atom. The highest BCUT2D eigenvalue weighted by Gasteiger charge is 2.06. The number of nitrogens with zero attached hydrogens (tertiary/aromatic N) is 2. The first-order valence-corrected chi connectivity index (χ1v) is 6.84. The number of hydrogen-bond donors (Lipinski definition) is 1. The molecule has 102 valence electrons. The summed E-state index contributed by atoms with van der Waals surface area (Å²) in [7, 11) is 1.95. The maximum Gasteiger partial charge on any atom is 0.0522 e. The minimum absolute atomic E-state index is 0.385. The summed E-state index contributed by atoms with van der Waals surface area (Å²) < 4.78 is 1.85. The third kappa shape index (κ3) is 3.67. The highest BCUT2D eigenvalue weighted by molar-refractivity contribution is 5.31. The molecule has 0 saturated heterocycles. The van der Waals surface area contributed by atoms with Gasteiger partial charge in [0.1, 0.15) is 0 Å². The van der Waals surface area contributed by atoms with Crippen LogP contribution in [-0.2, 0) is 13.5 Å². The summed E-state index contributed by atoms with van der Waals surface area (Å²) in [5.41, 5.74) is 5.35. The molecule has 1 aromatic heterocycles. The van der Waals surface area contributed by atoms with Crippen molar-refractivity contribution >= 4 is 0 Å². The molecule has 3 nitrogen and oxygen atoms in total. The standard InChI is InChI=1S/C16H23N3/c1-12-5-6-16(9-13(12)2)14(3)17-8-7-15-10-18-19(4)11-15/h5-6,9-11,14,17H,7-8H2,1-4H3. The van der Waals surface area contributed by atoms with E-state index < -0.39 is 0 Å². The number of nitrogens with one attached hydrogen (secondary N) is 1. The van der Waals surface area contributed by atoms with E-state index in [0.717, 1.165) is 13.0 Å². The summed E-state index contributed by atoms with van der Waals surface area (Å²) in [6, 6.07) is 7.07. The van der Waals surface area contributed by atoms with Gasteiger partial charge >= 0.3 is 0 Å². The fourth-order valence-corrected chi connectivity index (χ4v) is 2.19. The molecule has 0 saturated carbocycles. The van der Waals surface area contributed by atoms with Crippen LogP contribution in [-0.4, -0.2) is 16.3 Å². The van der Waals surface area contributed by atoms with Gasteiger partial charge < -0.3 is 5.32 Å². The molecular formula is C16H23N3. The van der Waals surface area contributed by atoms with Gasteiger partial charge in [-0.05, 0) is 56.0 Å². The minimum atomic E-state index is 0.385. The smallest absolute Gasteiger partial charge is 0.0522 e. The van der Waals surface area contributed by atoms with E-state index in [1.807, 2.05) is 17.9 Å². The summed E-state index contributed by atoms with van der Waals surface area (Å²) in [6.07, 6.45) is 5.02. The van der Waals surface area contributed by atoms with Gasteiger partial charge in [-0.25, -0.2) is 0 Å². The first kappa shape index (κ1) is 13.8. The third-order valence-electron chi connectivity index (χ3n) is 3.65. The summed E-state index contributed by atoms with van der Waals surface area (Å²) in [5, 5.41) is 7.75. The molecule has 19 heavy (non-hydrogen) atoms. The topological polar surface area (TPSA) is 29.9 Å². The van der Waals surface area contributed by atoms with E-state index >= 15 is 0 Å². The van der Waals surface area contributed by atoms with Crippen molar-refractivity contribution in [2.24, 2.45) is 7.05 Å². The lowest BCUT2D eigenvalue weighted by Crippen LogP contribution is -2.21. The van der Waals surface area contributed by atoms with Crippen molar-refractivity contribution in [2.75, 3.05) is 6.54 Å². The Morgan fingerprint density at radius 1 is 1.26 bits per heavy atom. The molecule has 0 spiro atoms. The van der Waals surface area contributed by atoms with Gasteiger partial charge in [0, 0.05) is 19.3 Å². The Labute approximate surface area is 115 Å². The first-order chi connectivity index (χ1) is 9.06. The molecule has 1 unspecified atom stereocenters. The second-order valence-corrected chi connectivity index (χ2v) is 5.29. The van der Waals surface area contributed by atoms with Crippen molar-refractivity contribution in [3.63, 3.8) is 0 Å². The molecule has 1 aromatic carbocycles. The van der Waals surface area contributed by atoms with E-state index in [4.69, 9.17) is 0 Å². The van der Waals surface area contributed by atoms with Gasteiger partial charge in [-0.3, -0.25) is 4.68 Å². The largest absolute Gasteiger partial charge is 0.310 e. The summed E-state index contributed by atoms with van der Waals surface area (Å²) in [6.45, 7) is 7.51. The average Bonchev–Trinajstić information content (AvgIpc) is 2.78. The molecule has 2 aromatic rings. The van der Waals surface area contributed by atoms with Gasteiger partial charge in [-0.1, -0.05) is 18.2 Å². The Hall–Kier alpha value is -1.61. The molecule has 3 heteroatoms. The van der Waals surface area contributed by atoms with Crippen molar-refractivity contribution in [3.05, 3.63) is 52.8 Å². The molecule has 1 heterocycles. The lowest BCUT2D eigenvalue weighted by molar-refractivity contribution is 0.576. The molecule has 2 rings (SSSR count). The molecule has 0 bridgehead atoms. The number of aryl methyl sites for hydroxylation is 3. The van der Waals surface area contributed by atoms with Crippen LogP contribution in [0, 0.1) is 13.8 Å². The van der Waals surface area contributed by atoms with Crippen LogP contribution in [0.1, 0.15) is 35.2 Å². The summed E-state index contributed by atoms with van der Waals surface area (Å²) in [5.74, 6) is 0. The minimum Gasteiger partial charge on any atom is -0.310 e. The highest BCUT2D eigenvalue weighted by Crippen LogP contribution is 2.16. The van der Waals surface area contributed by atoms with Gasteiger partial charge in [-0.15, -0.1) is 0 Å². The summed E-state index contributed by atoms with van der Waals surface area (Å²) in [4.78, 5) is 0. The molecule has 0 radical (unpaired) electrons. The number of aromatic nitrogens is 2. The van der Waals surface area contributed by atoms with Crippen molar-refractivity contribution in [1.82, 2.24) is 15.1 Å². The number of rotatable bonds is 5. The molecule has 1 atom stereocenters. The predicted molar refractivity (Wildman–Crippen MR) is 79.2 cm³/mol. The monoisotopic (exact) mass is 257 g/mol. The van der Waals surface area contributed by atoms with Crippen LogP contribution in [0.15, 0.2) is 30.6 Å². The van der Waals surface area contributed by atoms with Crippen molar-refractivity contribution in [1.29, 1.82) is 0 Å². The zero-order valence-electron chi connectivity index (χ0n) is 12.3. The summed E-state index contributed by atoms with van der Waals surface area (Å²) >= 11 is 0. The normalized spacial score (nSPS) is 12.6. The van der Waals surface area contributed by atoms with E-state index in [9.17, 15) is 0 Å². The molecule has 0 aliphatic carbocycles. The van der Waals surface area contributed by atoms with E-state index in [-0.39, 0.29) is 0 Å². The van der Waals surface area contributed by atoms with Crippen LogP contribution in [0.5, 0.6) is 0 Å². The van der Waals surface area contributed by atoms with Gasteiger partial charge in [0.05, 0.1) is 6.20 Å². The van der Waals surface area contributed by atoms with Crippen LogP contribution < -0.4 is 5.32 Å². The molecule has 0 amide bonds. The lowest BCUT2D eigenvalue weighted by atomic mass is 10.0. The van der Waals surface area contributed by atoms with Crippen LogP contribution in [0.4, 0.5) is 0 Å². The SMILES string of the molecule is Cc1ccc(C(C)NCCc2cnn(C)c2)cc1C. The van der Waals surface area contributed by atoms with E-state index in [1.54, 1.807) is 0 Å². The van der Waals surface area contributed by atoms with Crippen molar-refractivity contribution in [3.8, 4) is 0 Å². The zero-order valence-corrected chi connectivity index (χ0v) is 12.3.